The molecule has 0 bridgehead atoms. The van der Waals surface area contributed by atoms with Crippen LogP contribution in [0.25, 0.3) is 11.3 Å². The van der Waals surface area contributed by atoms with Crippen LogP contribution in [0, 0.1) is 5.82 Å². The Morgan fingerprint density at radius 1 is 1.29 bits per heavy atom. The first-order valence-corrected chi connectivity index (χ1v) is 7.93. The highest BCUT2D eigenvalue weighted by Gasteiger charge is 2.27. The summed E-state index contributed by atoms with van der Waals surface area (Å²) in [7, 11) is 3.42. The molecule has 5 nitrogen and oxygen atoms in total. The Kier molecular flexibility index (Phi) is 4.38. The van der Waals surface area contributed by atoms with E-state index in [1.165, 1.54) is 17.0 Å². The fourth-order valence-corrected chi connectivity index (χ4v) is 2.86. The molecule has 0 fully saturated rings. The molecule has 0 aliphatic carbocycles. The minimum atomic E-state index is -0.289. The molecule has 1 aromatic carbocycles. The molecule has 126 valence electrons. The minimum Gasteiger partial charge on any atom is -0.358 e. The van der Waals surface area contributed by atoms with Crippen molar-refractivity contribution in [3.63, 3.8) is 0 Å². The third-order valence-corrected chi connectivity index (χ3v) is 4.30. The Hall–Kier alpha value is -2.63. The molecule has 0 saturated heterocycles. The molecule has 2 heterocycles. The lowest BCUT2D eigenvalue weighted by Gasteiger charge is -2.27. The molecule has 1 aliphatic heterocycles. The van der Waals surface area contributed by atoms with Crippen LogP contribution < -0.4 is 0 Å². The second kappa shape index (κ2) is 6.47. The summed E-state index contributed by atoms with van der Waals surface area (Å²) in [5.74, 6) is -0.343. The number of halogens is 1. The summed E-state index contributed by atoms with van der Waals surface area (Å²) < 4.78 is 13.0. The van der Waals surface area contributed by atoms with E-state index < -0.39 is 0 Å². The quantitative estimate of drug-likeness (QED) is 0.936. The lowest BCUT2D eigenvalue weighted by molar-refractivity contribution is -0.128. The van der Waals surface area contributed by atoms with Crippen molar-refractivity contribution >= 4 is 11.8 Å². The Morgan fingerprint density at radius 2 is 2.00 bits per heavy atom. The van der Waals surface area contributed by atoms with Gasteiger partial charge in [-0.3, -0.25) is 9.59 Å². The van der Waals surface area contributed by atoms with Gasteiger partial charge in [0, 0.05) is 51.4 Å². The maximum Gasteiger partial charge on any atom is 0.255 e. The summed E-state index contributed by atoms with van der Waals surface area (Å²) >= 11 is 0. The van der Waals surface area contributed by atoms with Crippen LogP contribution in [0.2, 0.25) is 0 Å². The van der Waals surface area contributed by atoms with Gasteiger partial charge < -0.3 is 14.8 Å². The predicted octanol–water partition coefficient (Wildman–Crippen LogP) is 2.30. The molecule has 1 N–H and O–H groups in total. The molecule has 1 aliphatic rings. The zero-order chi connectivity index (χ0) is 17.3. The van der Waals surface area contributed by atoms with E-state index in [9.17, 15) is 14.0 Å². The van der Waals surface area contributed by atoms with Gasteiger partial charge in [-0.15, -0.1) is 0 Å². The molecule has 3 rings (SSSR count). The molecule has 0 spiro atoms. The summed E-state index contributed by atoms with van der Waals surface area (Å²) in [5, 5.41) is 0. The molecule has 0 saturated carbocycles. The second-order valence-electron chi connectivity index (χ2n) is 6.16. The largest absolute Gasteiger partial charge is 0.358 e. The fraction of sp³-hybridized carbons (Fsp3) is 0.333. The van der Waals surface area contributed by atoms with Gasteiger partial charge in [0.05, 0.1) is 5.56 Å². The third-order valence-electron chi connectivity index (χ3n) is 4.30. The molecular weight excluding hydrogens is 309 g/mol. The smallest absolute Gasteiger partial charge is 0.255 e. The number of amides is 2. The maximum atomic E-state index is 13.0. The highest BCUT2D eigenvalue weighted by molar-refractivity contribution is 5.98. The van der Waals surface area contributed by atoms with E-state index in [2.05, 4.69) is 4.98 Å². The Balaban J connectivity index is 1.76. The van der Waals surface area contributed by atoms with Crippen molar-refractivity contribution in [2.75, 3.05) is 27.2 Å². The van der Waals surface area contributed by atoms with Crippen molar-refractivity contribution in [1.29, 1.82) is 0 Å². The van der Waals surface area contributed by atoms with Gasteiger partial charge in [-0.2, -0.15) is 0 Å². The van der Waals surface area contributed by atoms with Crippen molar-refractivity contribution in [2.45, 2.75) is 12.8 Å². The molecule has 0 unspecified atom stereocenters. The number of fused-ring (bicyclic) bond motifs is 1. The number of nitrogens with one attached hydrogen (secondary N) is 1. The van der Waals surface area contributed by atoms with E-state index in [-0.39, 0.29) is 17.6 Å². The number of aromatic amines is 1. The molecule has 2 aromatic rings. The van der Waals surface area contributed by atoms with Crippen LogP contribution in [0.15, 0.2) is 30.3 Å². The van der Waals surface area contributed by atoms with E-state index in [1.54, 1.807) is 31.1 Å². The van der Waals surface area contributed by atoms with Crippen molar-refractivity contribution in [1.82, 2.24) is 14.8 Å². The number of rotatable bonds is 4. The number of aromatic nitrogens is 1. The average Bonchev–Trinajstić information content (AvgIpc) is 2.99. The molecular formula is C18H20FN3O2. The number of hydrogen-bond donors (Lipinski definition) is 1. The van der Waals surface area contributed by atoms with E-state index in [4.69, 9.17) is 0 Å². The first-order chi connectivity index (χ1) is 11.5. The Morgan fingerprint density at radius 3 is 2.67 bits per heavy atom. The highest BCUT2D eigenvalue weighted by atomic mass is 19.1. The monoisotopic (exact) mass is 329 g/mol. The number of nitrogens with zero attached hydrogens (tertiary/aromatic N) is 2. The summed E-state index contributed by atoms with van der Waals surface area (Å²) in [4.78, 5) is 30.8. The molecule has 1 aromatic heterocycles. The van der Waals surface area contributed by atoms with Gasteiger partial charge in [0.15, 0.2) is 0 Å². The first kappa shape index (κ1) is 16.2. The molecule has 6 heteroatoms. The number of benzene rings is 1. The van der Waals surface area contributed by atoms with Crippen LogP contribution in [-0.4, -0.2) is 53.8 Å². The SMILES string of the molecule is CN(C)C(=O)CCN1CCc2[nH]c(-c3ccc(F)cc3)cc2C1=O. The standard InChI is InChI=1S/C18H20FN3O2/c1-21(2)17(23)8-10-22-9-7-15-14(18(22)24)11-16(20-15)12-3-5-13(19)6-4-12/h3-6,11,20H,7-10H2,1-2H3. The van der Waals surface area contributed by atoms with Crippen molar-refractivity contribution in [2.24, 2.45) is 0 Å². The van der Waals surface area contributed by atoms with E-state index in [0.717, 1.165) is 23.4 Å². The normalized spacial score (nSPS) is 13.8. The summed E-state index contributed by atoms with van der Waals surface area (Å²) in [6.07, 6.45) is 1.04. The van der Waals surface area contributed by atoms with Gasteiger partial charge in [-0.1, -0.05) is 0 Å². The van der Waals surface area contributed by atoms with Gasteiger partial charge in [-0.25, -0.2) is 4.39 Å². The first-order valence-electron chi connectivity index (χ1n) is 7.93. The van der Waals surface area contributed by atoms with Crippen molar-refractivity contribution < 1.29 is 14.0 Å². The zero-order valence-corrected chi connectivity index (χ0v) is 13.8. The van der Waals surface area contributed by atoms with Crippen LogP contribution in [-0.2, 0) is 11.2 Å². The van der Waals surface area contributed by atoms with Gasteiger partial charge in [0.25, 0.3) is 5.91 Å². The lowest BCUT2D eigenvalue weighted by Crippen LogP contribution is -2.39. The van der Waals surface area contributed by atoms with Crippen molar-refractivity contribution in [3.05, 3.63) is 47.4 Å². The number of carbonyl (C=O) groups excluding carboxylic acids is 2. The van der Waals surface area contributed by atoms with Crippen LogP contribution in [0.5, 0.6) is 0 Å². The molecule has 0 radical (unpaired) electrons. The summed E-state index contributed by atoms with van der Waals surface area (Å²) in [6.45, 7) is 1.02. The molecule has 2 amide bonds. The van der Waals surface area contributed by atoms with Gasteiger partial charge >= 0.3 is 0 Å². The Labute approximate surface area is 140 Å². The number of carbonyl (C=O) groups is 2. The van der Waals surface area contributed by atoms with E-state index >= 15 is 0 Å². The fourth-order valence-electron chi connectivity index (χ4n) is 2.86. The van der Waals surface area contributed by atoms with E-state index in [0.29, 0.717) is 25.1 Å². The zero-order valence-electron chi connectivity index (χ0n) is 13.8. The van der Waals surface area contributed by atoms with Crippen molar-refractivity contribution in [3.8, 4) is 11.3 Å². The van der Waals surface area contributed by atoms with Gasteiger partial charge in [0.2, 0.25) is 5.91 Å². The lowest BCUT2D eigenvalue weighted by atomic mass is 10.1. The van der Waals surface area contributed by atoms with E-state index in [1.807, 2.05) is 6.07 Å². The van der Waals surface area contributed by atoms with Crippen LogP contribution >= 0.6 is 0 Å². The van der Waals surface area contributed by atoms with Crippen LogP contribution in [0.1, 0.15) is 22.5 Å². The molecule has 24 heavy (non-hydrogen) atoms. The van der Waals surface area contributed by atoms with Crippen LogP contribution in [0.4, 0.5) is 4.39 Å². The van der Waals surface area contributed by atoms with Gasteiger partial charge in [-0.05, 0) is 35.9 Å². The second-order valence-corrected chi connectivity index (χ2v) is 6.16. The summed E-state index contributed by atoms with van der Waals surface area (Å²) in [6, 6.07) is 7.98. The topological polar surface area (TPSA) is 56.4 Å². The molecule has 0 atom stereocenters. The van der Waals surface area contributed by atoms with Crippen LogP contribution in [0.3, 0.4) is 0 Å². The predicted molar refractivity (Wildman–Crippen MR) is 89.1 cm³/mol. The minimum absolute atomic E-state index is 0.00895. The average molecular weight is 329 g/mol. The number of H-pyrrole nitrogens is 1. The number of hydrogen-bond acceptors (Lipinski definition) is 2. The maximum absolute atomic E-state index is 13.0. The highest BCUT2D eigenvalue weighted by Crippen LogP contribution is 2.26. The summed E-state index contributed by atoms with van der Waals surface area (Å²) in [5.41, 5.74) is 3.18. The third kappa shape index (κ3) is 3.18. The Bertz CT molecular complexity index is 765. The van der Waals surface area contributed by atoms with Gasteiger partial charge in [0.1, 0.15) is 5.82 Å².